The third-order valence-corrected chi connectivity index (χ3v) is 4.20. The topological polar surface area (TPSA) is 95.9 Å². The monoisotopic (exact) mass is 375 g/mol. The first-order valence-electron chi connectivity index (χ1n) is 8.77. The van der Waals surface area contributed by atoms with E-state index < -0.39 is 5.97 Å². The van der Waals surface area contributed by atoms with Crippen LogP contribution in [0.4, 0.5) is 0 Å². The molecule has 140 valence electrons. The molecule has 4 aromatic rings. The highest BCUT2D eigenvalue weighted by atomic mass is 16.6. The van der Waals surface area contributed by atoms with Crippen molar-refractivity contribution in [3.05, 3.63) is 78.2 Å². The Hall–Kier alpha value is -3.81. The SMILES string of the molecule is CCc1ccc(-c2noc(COC(=O)c3ccc(-n4cncn4)cc3)n2)cc1. The molecule has 8 nitrogen and oxygen atoms in total. The lowest BCUT2D eigenvalue weighted by atomic mass is 10.1. The molecule has 4 rings (SSSR count). The molecular weight excluding hydrogens is 358 g/mol. The smallest absolute Gasteiger partial charge is 0.338 e. The summed E-state index contributed by atoms with van der Waals surface area (Å²) in [7, 11) is 0. The first-order chi connectivity index (χ1) is 13.7. The molecule has 0 aliphatic rings. The van der Waals surface area contributed by atoms with E-state index in [1.54, 1.807) is 35.3 Å². The van der Waals surface area contributed by atoms with Crippen molar-refractivity contribution < 1.29 is 14.1 Å². The van der Waals surface area contributed by atoms with E-state index in [0.29, 0.717) is 11.4 Å². The highest BCUT2D eigenvalue weighted by Crippen LogP contribution is 2.17. The van der Waals surface area contributed by atoms with Gasteiger partial charge in [-0.05, 0) is 36.2 Å². The second-order valence-corrected chi connectivity index (χ2v) is 6.03. The van der Waals surface area contributed by atoms with Crippen LogP contribution in [0.3, 0.4) is 0 Å². The van der Waals surface area contributed by atoms with Crippen LogP contribution >= 0.6 is 0 Å². The molecule has 0 saturated carbocycles. The van der Waals surface area contributed by atoms with Crippen molar-refractivity contribution in [1.29, 1.82) is 0 Å². The van der Waals surface area contributed by atoms with Crippen LogP contribution in [0.2, 0.25) is 0 Å². The lowest BCUT2D eigenvalue weighted by Gasteiger charge is -2.04. The van der Waals surface area contributed by atoms with Gasteiger partial charge in [-0.2, -0.15) is 10.1 Å². The van der Waals surface area contributed by atoms with Crippen molar-refractivity contribution in [1.82, 2.24) is 24.9 Å². The van der Waals surface area contributed by atoms with Crippen LogP contribution in [-0.4, -0.2) is 30.9 Å². The Kier molecular flexibility index (Phi) is 4.92. The maximum atomic E-state index is 12.2. The Morgan fingerprint density at radius 2 is 1.89 bits per heavy atom. The minimum atomic E-state index is -0.475. The third kappa shape index (κ3) is 3.80. The number of aromatic nitrogens is 5. The van der Waals surface area contributed by atoms with Gasteiger partial charge in [-0.3, -0.25) is 0 Å². The first kappa shape index (κ1) is 17.6. The van der Waals surface area contributed by atoms with Gasteiger partial charge in [0, 0.05) is 5.56 Å². The van der Waals surface area contributed by atoms with E-state index in [0.717, 1.165) is 17.7 Å². The predicted octanol–water partition coefficient (Wildman–Crippen LogP) is 3.24. The Balaban J connectivity index is 1.37. The quantitative estimate of drug-likeness (QED) is 0.477. The zero-order valence-electron chi connectivity index (χ0n) is 15.1. The summed E-state index contributed by atoms with van der Waals surface area (Å²) < 4.78 is 12.0. The van der Waals surface area contributed by atoms with Gasteiger partial charge in [-0.15, -0.1) is 0 Å². The van der Waals surface area contributed by atoms with Crippen molar-refractivity contribution >= 4 is 5.97 Å². The van der Waals surface area contributed by atoms with Crippen LogP contribution in [-0.2, 0) is 17.8 Å². The zero-order chi connectivity index (χ0) is 19.3. The van der Waals surface area contributed by atoms with Gasteiger partial charge in [0.25, 0.3) is 5.89 Å². The van der Waals surface area contributed by atoms with Gasteiger partial charge in [0.15, 0.2) is 6.61 Å². The summed E-state index contributed by atoms with van der Waals surface area (Å²) in [6.45, 7) is 2.00. The lowest BCUT2D eigenvalue weighted by molar-refractivity contribution is 0.0430. The normalized spacial score (nSPS) is 10.8. The van der Waals surface area contributed by atoms with Crippen molar-refractivity contribution in [2.24, 2.45) is 0 Å². The fraction of sp³-hybridized carbons (Fsp3) is 0.150. The fourth-order valence-electron chi connectivity index (χ4n) is 2.62. The van der Waals surface area contributed by atoms with Gasteiger partial charge >= 0.3 is 5.97 Å². The molecule has 0 radical (unpaired) electrons. The number of aryl methyl sites for hydroxylation is 1. The molecule has 0 amide bonds. The summed E-state index contributed by atoms with van der Waals surface area (Å²) in [6.07, 6.45) is 3.99. The average Bonchev–Trinajstić information content (AvgIpc) is 3.44. The number of esters is 1. The van der Waals surface area contributed by atoms with Crippen LogP contribution in [0.25, 0.3) is 17.1 Å². The molecule has 0 spiro atoms. The number of nitrogens with zero attached hydrogens (tertiary/aromatic N) is 5. The van der Waals surface area contributed by atoms with E-state index >= 15 is 0 Å². The Morgan fingerprint density at radius 3 is 2.57 bits per heavy atom. The molecule has 0 atom stereocenters. The molecule has 2 heterocycles. The maximum Gasteiger partial charge on any atom is 0.338 e. The molecule has 0 bridgehead atoms. The second kappa shape index (κ2) is 7.83. The predicted molar refractivity (Wildman–Crippen MR) is 99.6 cm³/mol. The van der Waals surface area contributed by atoms with Crippen LogP contribution in [0, 0.1) is 0 Å². The number of hydrogen-bond acceptors (Lipinski definition) is 7. The number of ether oxygens (including phenoxy) is 1. The molecule has 0 fully saturated rings. The molecule has 0 unspecified atom stereocenters. The van der Waals surface area contributed by atoms with E-state index in [-0.39, 0.29) is 12.5 Å². The largest absolute Gasteiger partial charge is 0.452 e. The Labute approximate surface area is 160 Å². The highest BCUT2D eigenvalue weighted by molar-refractivity contribution is 5.89. The minimum absolute atomic E-state index is 0.0935. The Bertz CT molecular complexity index is 1050. The van der Waals surface area contributed by atoms with E-state index in [4.69, 9.17) is 9.26 Å². The summed E-state index contributed by atoms with van der Waals surface area (Å²) in [6, 6.07) is 14.8. The second-order valence-electron chi connectivity index (χ2n) is 6.03. The number of hydrogen-bond donors (Lipinski definition) is 0. The number of benzene rings is 2. The number of carbonyl (C=O) groups excluding carboxylic acids is 1. The maximum absolute atomic E-state index is 12.2. The van der Waals surface area contributed by atoms with Gasteiger partial charge in [-0.1, -0.05) is 36.3 Å². The highest BCUT2D eigenvalue weighted by Gasteiger charge is 2.13. The number of carbonyl (C=O) groups is 1. The molecule has 0 N–H and O–H groups in total. The molecule has 8 heteroatoms. The molecule has 2 aromatic carbocycles. The van der Waals surface area contributed by atoms with Gasteiger partial charge in [0.1, 0.15) is 12.7 Å². The molecule has 2 aromatic heterocycles. The fourth-order valence-corrected chi connectivity index (χ4v) is 2.62. The van der Waals surface area contributed by atoms with Crippen LogP contribution in [0.5, 0.6) is 0 Å². The van der Waals surface area contributed by atoms with Crippen molar-refractivity contribution in [3.63, 3.8) is 0 Å². The van der Waals surface area contributed by atoms with E-state index in [2.05, 4.69) is 27.1 Å². The lowest BCUT2D eigenvalue weighted by Crippen LogP contribution is -2.06. The van der Waals surface area contributed by atoms with E-state index in [1.165, 1.54) is 11.9 Å². The summed E-state index contributed by atoms with van der Waals surface area (Å²) in [5.74, 6) is 0.227. The van der Waals surface area contributed by atoms with Crippen LogP contribution in [0.15, 0.2) is 65.7 Å². The van der Waals surface area contributed by atoms with Crippen LogP contribution in [0.1, 0.15) is 28.7 Å². The summed E-state index contributed by atoms with van der Waals surface area (Å²) >= 11 is 0. The van der Waals surface area contributed by atoms with Crippen molar-refractivity contribution in [3.8, 4) is 17.1 Å². The zero-order valence-corrected chi connectivity index (χ0v) is 15.1. The summed E-state index contributed by atoms with van der Waals surface area (Å²) in [5, 5.41) is 7.98. The molecule has 28 heavy (non-hydrogen) atoms. The van der Waals surface area contributed by atoms with Crippen molar-refractivity contribution in [2.75, 3.05) is 0 Å². The minimum Gasteiger partial charge on any atom is -0.452 e. The van der Waals surface area contributed by atoms with E-state index in [1.807, 2.05) is 24.3 Å². The Morgan fingerprint density at radius 1 is 1.11 bits per heavy atom. The molecule has 0 aliphatic carbocycles. The molecule has 0 aliphatic heterocycles. The van der Waals surface area contributed by atoms with Gasteiger partial charge in [0.2, 0.25) is 5.82 Å². The van der Waals surface area contributed by atoms with Gasteiger partial charge in [0.05, 0.1) is 11.3 Å². The van der Waals surface area contributed by atoms with Crippen molar-refractivity contribution in [2.45, 2.75) is 20.0 Å². The van der Waals surface area contributed by atoms with Gasteiger partial charge in [-0.25, -0.2) is 14.5 Å². The molecular formula is C20H17N5O3. The van der Waals surface area contributed by atoms with Crippen LogP contribution < -0.4 is 0 Å². The first-order valence-corrected chi connectivity index (χ1v) is 8.77. The summed E-state index contributed by atoms with van der Waals surface area (Å²) in [4.78, 5) is 20.4. The third-order valence-electron chi connectivity index (χ3n) is 4.20. The summed E-state index contributed by atoms with van der Waals surface area (Å²) in [5.41, 5.74) is 3.29. The van der Waals surface area contributed by atoms with E-state index in [9.17, 15) is 4.79 Å². The van der Waals surface area contributed by atoms with Gasteiger partial charge < -0.3 is 9.26 Å². The standard InChI is InChI=1S/C20H17N5O3/c1-2-14-3-5-15(6-4-14)19-23-18(28-24-19)11-27-20(26)16-7-9-17(10-8-16)25-13-21-12-22-25/h3-10,12-13H,2,11H2,1H3. The number of rotatable bonds is 6. The average molecular weight is 375 g/mol. The molecule has 0 saturated heterocycles.